The molecular weight excluding hydrogens is 150 g/mol. The maximum Gasteiger partial charge on any atom is 0.0451 e. The highest BCUT2D eigenvalue weighted by Gasteiger charge is 1.89. The molecule has 1 aromatic heterocycles. The van der Waals surface area contributed by atoms with E-state index in [1.165, 1.54) is 5.56 Å². The number of aromatic nitrogens is 1. The molecule has 1 heterocycles. The molecule has 0 aliphatic rings. The SMILES string of the molecule is CNCNCCc1cccnc1. The molecule has 1 rings (SSSR count). The molecule has 0 aromatic carbocycles. The van der Waals surface area contributed by atoms with Crippen LogP contribution < -0.4 is 10.6 Å². The summed E-state index contributed by atoms with van der Waals surface area (Å²) in [5, 5.41) is 6.27. The van der Waals surface area contributed by atoms with Crippen LogP contribution in [0.15, 0.2) is 24.5 Å². The maximum absolute atomic E-state index is 4.04. The highest BCUT2D eigenvalue weighted by molar-refractivity contribution is 5.08. The van der Waals surface area contributed by atoms with Crippen molar-refractivity contribution in [3.8, 4) is 0 Å². The predicted octanol–water partition coefficient (Wildman–Crippen LogP) is 0.391. The lowest BCUT2D eigenvalue weighted by Crippen LogP contribution is -2.27. The maximum atomic E-state index is 4.04. The zero-order chi connectivity index (χ0) is 8.65. The second-order valence-electron chi connectivity index (χ2n) is 2.64. The van der Waals surface area contributed by atoms with Crippen molar-refractivity contribution >= 4 is 0 Å². The third-order valence-electron chi connectivity index (χ3n) is 1.62. The number of pyridine rings is 1. The van der Waals surface area contributed by atoms with Gasteiger partial charge in [0.2, 0.25) is 0 Å². The van der Waals surface area contributed by atoms with Crippen LogP contribution in [0.1, 0.15) is 5.56 Å². The van der Waals surface area contributed by atoms with E-state index in [-0.39, 0.29) is 0 Å². The van der Waals surface area contributed by atoms with Gasteiger partial charge in [-0.25, -0.2) is 0 Å². The number of nitrogens with zero attached hydrogens (tertiary/aromatic N) is 1. The molecule has 0 radical (unpaired) electrons. The summed E-state index contributed by atoms with van der Waals surface area (Å²) in [5.74, 6) is 0. The summed E-state index contributed by atoms with van der Waals surface area (Å²) in [6, 6.07) is 4.06. The van der Waals surface area contributed by atoms with Gasteiger partial charge in [0, 0.05) is 25.6 Å². The first-order valence-electron chi connectivity index (χ1n) is 4.17. The van der Waals surface area contributed by atoms with Crippen LogP contribution in [0.4, 0.5) is 0 Å². The van der Waals surface area contributed by atoms with Crippen molar-refractivity contribution in [3.05, 3.63) is 30.1 Å². The van der Waals surface area contributed by atoms with E-state index in [9.17, 15) is 0 Å². The minimum atomic E-state index is 0.861. The van der Waals surface area contributed by atoms with E-state index in [2.05, 4.69) is 21.7 Å². The first kappa shape index (κ1) is 9.16. The molecule has 0 unspecified atom stereocenters. The zero-order valence-electron chi connectivity index (χ0n) is 7.38. The third-order valence-corrected chi connectivity index (χ3v) is 1.62. The topological polar surface area (TPSA) is 37.0 Å². The normalized spacial score (nSPS) is 10.1. The van der Waals surface area contributed by atoms with E-state index < -0.39 is 0 Å². The molecule has 0 fully saturated rings. The van der Waals surface area contributed by atoms with Gasteiger partial charge in [-0.1, -0.05) is 6.07 Å². The standard InChI is InChI=1S/C9H15N3/c1-10-8-12-6-4-9-3-2-5-11-7-9/h2-3,5,7,10,12H,4,6,8H2,1H3. The van der Waals surface area contributed by atoms with E-state index in [0.717, 1.165) is 19.6 Å². The zero-order valence-corrected chi connectivity index (χ0v) is 7.38. The Balaban J connectivity index is 2.16. The monoisotopic (exact) mass is 165 g/mol. The minimum absolute atomic E-state index is 0.861. The minimum Gasteiger partial charge on any atom is -0.308 e. The van der Waals surface area contributed by atoms with Crippen molar-refractivity contribution in [2.24, 2.45) is 0 Å². The second kappa shape index (κ2) is 5.69. The molecule has 3 heteroatoms. The van der Waals surface area contributed by atoms with Gasteiger partial charge in [-0.2, -0.15) is 0 Å². The molecule has 3 nitrogen and oxygen atoms in total. The fourth-order valence-electron chi connectivity index (χ4n) is 0.992. The van der Waals surface area contributed by atoms with Crippen LogP contribution in [0, 0.1) is 0 Å². The Kier molecular flexibility index (Phi) is 4.34. The first-order valence-corrected chi connectivity index (χ1v) is 4.17. The average molecular weight is 165 g/mol. The number of rotatable bonds is 5. The Labute approximate surface area is 73.2 Å². The molecule has 12 heavy (non-hydrogen) atoms. The van der Waals surface area contributed by atoms with E-state index in [1.54, 1.807) is 6.20 Å². The molecule has 66 valence electrons. The van der Waals surface area contributed by atoms with Gasteiger partial charge in [0.05, 0.1) is 0 Å². The van der Waals surface area contributed by atoms with Gasteiger partial charge >= 0.3 is 0 Å². The molecule has 0 atom stereocenters. The number of nitrogens with one attached hydrogen (secondary N) is 2. The summed E-state index contributed by atoms with van der Waals surface area (Å²) < 4.78 is 0. The van der Waals surface area contributed by atoms with Crippen LogP contribution in [0.5, 0.6) is 0 Å². The van der Waals surface area contributed by atoms with Crippen LogP contribution in [-0.4, -0.2) is 25.2 Å². The lowest BCUT2D eigenvalue weighted by Gasteiger charge is -2.02. The molecule has 0 spiro atoms. The van der Waals surface area contributed by atoms with Gasteiger partial charge < -0.3 is 10.6 Å². The summed E-state index contributed by atoms with van der Waals surface area (Å²) in [7, 11) is 1.93. The molecule has 0 saturated heterocycles. The highest BCUT2D eigenvalue weighted by atomic mass is 15.0. The summed E-state index contributed by atoms with van der Waals surface area (Å²) >= 11 is 0. The van der Waals surface area contributed by atoms with Crippen molar-refractivity contribution in [1.29, 1.82) is 0 Å². The van der Waals surface area contributed by atoms with Gasteiger partial charge in [-0.05, 0) is 25.1 Å². The van der Waals surface area contributed by atoms with Crippen LogP contribution in [-0.2, 0) is 6.42 Å². The smallest absolute Gasteiger partial charge is 0.0451 e. The van der Waals surface area contributed by atoms with E-state index in [0.29, 0.717) is 0 Å². The van der Waals surface area contributed by atoms with Crippen molar-refractivity contribution in [3.63, 3.8) is 0 Å². The predicted molar refractivity (Wildman–Crippen MR) is 49.9 cm³/mol. The quantitative estimate of drug-likeness (QED) is 0.489. The lowest BCUT2D eigenvalue weighted by molar-refractivity contribution is 0.630. The first-order chi connectivity index (χ1) is 5.93. The Morgan fingerprint density at radius 3 is 3.08 bits per heavy atom. The summed E-state index contributed by atoms with van der Waals surface area (Å²) in [6.07, 6.45) is 4.74. The van der Waals surface area contributed by atoms with Crippen LogP contribution in [0.2, 0.25) is 0 Å². The van der Waals surface area contributed by atoms with E-state index in [4.69, 9.17) is 0 Å². The molecule has 0 saturated carbocycles. The van der Waals surface area contributed by atoms with Gasteiger partial charge in [0.25, 0.3) is 0 Å². The van der Waals surface area contributed by atoms with Crippen LogP contribution in [0.3, 0.4) is 0 Å². The van der Waals surface area contributed by atoms with Gasteiger partial charge in [0.15, 0.2) is 0 Å². The Morgan fingerprint density at radius 1 is 1.50 bits per heavy atom. The molecule has 1 aromatic rings. The lowest BCUT2D eigenvalue weighted by atomic mass is 10.2. The number of hydrogen-bond donors (Lipinski definition) is 2. The van der Waals surface area contributed by atoms with Gasteiger partial charge in [-0.3, -0.25) is 4.98 Å². The Morgan fingerprint density at radius 2 is 2.42 bits per heavy atom. The Bertz CT molecular complexity index is 198. The molecule has 0 amide bonds. The molecule has 2 N–H and O–H groups in total. The third kappa shape index (κ3) is 3.46. The second-order valence-corrected chi connectivity index (χ2v) is 2.64. The largest absolute Gasteiger partial charge is 0.308 e. The summed E-state index contributed by atoms with van der Waals surface area (Å²) in [4.78, 5) is 4.04. The van der Waals surface area contributed by atoms with Gasteiger partial charge in [0.1, 0.15) is 0 Å². The van der Waals surface area contributed by atoms with Crippen LogP contribution in [0.25, 0.3) is 0 Å². The van der Waals surface area contributed by atoms with Crippen molar-refractivity contribution in [2.45, 2.75) is 6.42 Å². The van der Waals surface area contributed by atoms with Crippen molar-refractivity contribution in [1.82, 2.24) is 15.6 Å². The highest BCUT2D eigenvalue weighted by Crippen LogP contribution is 1.94. The Hall–Kier alpha value is -0.930. The molecule has 0 aliphatic heterocycles. The van der Waals surface area contributed by atoms with Crippen molar-refractivity contribution < 1.29 is 0 Å². The van der Waals surface area contributed by atoms with E-state index >= 15 is 0 Å². The fourth-order valence-corrected chi connectivity index (χ4v) is 0.992. The van der Waals surface area contributed by atoms with Crippen molar-refractivity contribution in [2.75, 3.05) is 20.3 Å². The molecule has 0 bridgehead atoms. The fraction of sp³-hybridized carbons (Fsp3) is 0.444. The average Bonchev–Trinajstić information content (AvgIpc) is 2.14. The summed E-state index contributed by atoms with van der Waals surface area (Å²) in [5.41, 5.74) is 1.28. The summed E-state index contributed by atoms with van der Waals surface area (Å²) in [6.45, 7) is 1.85. The molecular formula is C9H15N3. The molecule has 0 aliphatic carbocycles. The van der Waals surface area contributed by atoms with Crippen LogP contribution >= 0.6 is 0 Å². The number of hydrogen-bond acceptors (Lipinski definition) is 3. The van der Waals surface area contributed by atoms with Gasteiger partial charge in [-0.15, -0.1) is 0 Å². The van der Waals surface area contributed by atoms with E-state index in [1.807, 2.05) is 19.3 Å².